The van der Waals surface area contributed by atoms with Gasteiger partial charge in [-0.2, -0.15) is 0 Å². The molecule has 0 fully saturated rings. The van der Waals surface area contributed by atoms with Crippen molar-refractivity contribution in [1.29, 1.82) is 0 Å². The van der Waals surface area contributed by atoms with E-state index in [0.717, 1.165) is 11.3 Å². The summed E-state index contributed by atoms with van der Waals surface area (Å²) in [6.07, 6.45) is 1.67. The number of rotatable bonds is 2. The zero-order chi connectivity index (χ0) is 13.2. The first kappa shape index (κ1) is 11.7. The molecule has 3 rings (SSSR count). The Bertz CT molecular complexity index is 653. The van der Waals surface area contributed by atoms with Gasteiger partial charge in [0.05, 0.1) is 5.69 Å². The molecule has 1 aliphatic rings. The van der Waals surface area contributed by atoms with E-state index < -0.39 is 0 Å². The Morgan fingerprint density at radius 1 is 1.11 bits per heavy atom. The fourth-order valence-electron chi connectivity index (χ4n) is 1.80. The molecule has 0 aliphatic carbocycles. The molecular weight excluding hydrogens is 245 g/mol. The molecule has 19 heavy (non-hydrogen) atoms. The van der Waals surface area contributed by atoms with Crippen LogP contribution in [0.5, 0.6) is 11.5 Å². The molecule has 0 radical (unpaired) electrons. The second-order valence-corrected chi connectivity index (χ2v) is 4.30. The summed E-state index contributed by atoms with van der Waals surface area (Å²) in [6.45, 7) is 1.97. The average molecular weight is 257 g/mol. The summed E-state index contributed by atoms with van der Waals surface area (Å²) in [7, 11) is 0. The van der Waals surface area contributed by atoms with Crippen LogP contribution in [0.25, 0.3) is 0 Å². The van der Waals surface area contributed by atoms with Crippen LogP contribution in [0.4, 0.5) is 10.1 Å². The maximum Gasteiger partial charge on any atom is 0.231 e. The van der Waals surface area contributed by atoms with Gasteiger partial charge in [-0.15, -0.1) is 0 Å². The Hall–Kier alpha value is -2.36. The lowest BCUT2D eigenvalue weighted by molar-refractivity contribution is 0.174. The Balaban J connectivity index is 1.84. The maximum absolute atomic E-state index is 13.4. The molecule has 0 saturated heterocycles. The highest BCUT2D eigenvalue weighted by molar-refractivity contribution is 5.83. The molecule has 0 N–H and O–H groups in total. The zero-order valence-electron chi connectivity index (χ0n) is 10.4. The van der Waals surface area contributed by atoms with Gasteiger partial charge in [-0.1, -0.05) is 6.07 Å². The summed E-state index contributed by atoms with van der Waals surface area (Å²) in [6, 6.07) is 10.5. The lowest BCUT2D eigenvalue weighted by Gasteiger charge is -1.99. The van der Waals surface area contributed by atoms with Crippen LogP contribution in [0.2, 0.25) is 0 Å². The van der Waals surface area contributed by atoms with Crippen molar-refractivity contribution in [3.63, 3.8) is 0 Å². The number of hydrogen-bond acceptors (Lipinski definition) is 3. The third kappa shape index (κ3) is 2.42. The first-order valence-corrected chi connectivity index (χ1v) is 5.92. The molecule has 3 nitrogen and oxygen atoms in total. The summed E-state index contributed by atoms with van der Waals surface area (Å²) >= 11 is 0. The first-order valence-electron chi connectivity index (χ1n) is 5.92. The fraction of sp³-hybridized carbons (Fsp3) is 0.133. The predicted molar refractivity (Wildman–Crippen MR) is 71.0 cm³/mol. The summed E-state index contributed by atoms with van der Waals surface area (Å²) in [5.41, 5.74) is 2.08. The molecule has 0 saturated carbocycles. The summed E-state index contributed by atoms with van der Waals surface area (Å²) < 4.78 is 23.9. The minimum Gasteiger partial charge on any atom is -0.454 e. The van der Waals surface area contributed by atoms with Crippen molar-refractivity contribution in [1.82, 2.24) is 0 Å². The Morgan fingerprint density at radius 3 is 2.79 bits per heavy atom. The molecule has 0 bridgehead atoms. The highest BCUT2D eigenvalue weighted by Gasteiger charge is 2.12. The molecule has 0 atom stereocenters. The number of aryl methyl sites for hydroxylation is 1. The van der Waals surface area contributed by atoms with Crippen molar-refractivity contribution in [3.05, 3.63) is 53.3 Å². The third-order valence-electron chi connectivity index (χ3n) is 2.91. The minimum atomic E-state index is -0.250. The largest absolute Gasteiger partial charge is 0.454 e. The van der Waals surface area contributed by atoms with Crippen molar-refractivity contribution < 1.29 is 13.9 Å². The van der Waals surface area contributed by atoms with Gasteiger partial charge < -0.3 is 9.47 Å². The predicted octanol–water partition coefficient (Wildman–Crippen LogP) is 3.61. The smallest absolute Gasteiger partial charge is 0.231 e. The van der Waals surface area contributed by atoms with Crippen molar-refractivity contribution in [2.75, 3.05) is 6.79 Å². The van der Waals surface area contributed by atoms with Gasteiger partial charge >= 0.3 is 0 Å². The number of fused-ring (bicyclic) bond motifs is 1. The topological polar surface area (TPSA) is 30.8 Å². The number of halogens is 1. The minimum absolute atomic E-state index is 0.249. The SMILES string of the molecule is Cc1ccc(N=Cc2ccc3c(c2)OCO3)cc1F. The van der Waals surface area contributed by atoms with Gasteiger partial charge in [0.25, 0.3) is 0 Å². The van der Waals surface area contributed by atoms with Crippen LogP contribution in [0, 0.1) is 12.7 Å². The summed E-state index contributed by atoms with van der Waals surface area (Å²) in [5.74, 6) is 1.19. The van der Waals surface area contributed by atoms with E-state index in [4.69, 9.17) is 9.47 Å². The molecular formula is C15H12FNO2. The van der Waals surface area contributed by atoms with Crippen LogP contribution in [-0.2, 0) is 0 Å². The van der Waals surface area contributed by atoms with E-state index in [0.29, 0.717) is 17.0 Å². The van der Waals surface area contributed by atoms with Crippen molar-refractivity contribution in [3.8, 4) is 11.5 Å². The van der Waals surface area contributed by atoms with E-state index in [1.807, 2.05) is 18.2 Å². The van der Waals surface area contributed by atoms with Crippen LogP contribution in [-0.4, -0.2) is 13.0 Å². The van der Waals surface area contributed by atoms with E-state index in [1.54, 1.807) is 25.3 Å². The number of benzene rings is 2. The molecule has 0 spiro atoms. The number of aliphatic imine (C=N–C) groups is 1. The standard InChI is InChI=1S/C15H12FNO2/c1-10-2-4-12(7-13(10)16)17-8-11-3-5-14-15(6-11)19-9-18-14/h2-8H,9H2,1H3. The van der Waals surface area contributed by atoms with E-state index in [9.17, 15) is 4.39 Å². The Kier molecular flexibility index (Phi) is 2.91. The van der Waals surface area contributed by atoms with E-state index >= 15 is 0 Å². The highest BCUT2D eigenvalue weighted by Crippen LogP contribution is 2.32. The lowest BCUT2D eigenvalue weighted by Crippen LogP contribution is -1.92. The van der Waals surface area contributed by atoms with Gasteiger partial charge in [0.15, 0.2) is 11.5 Å². The van der Waals surface area contributed by atoms with Crippen molar-refractivity contribution in [2.45, 2.75) is 6.92 Å². The summed E-state index contributed by atoms with van der Waals surface area (Å²) in [5, 5.41) is 0. The van der Waals surface area contributed by atoms with E-state index in [1.165, 1.54) is 6.07 Å². The molecule has 2 aromatic carbocycles. The molecule has 0 amide bonds. The monoisotopic (exact) mass is 257 g/mol. The molecule has 0 aromatic heterocycles. The first-order chi connectivity index (χ1) is 9.22. The van der Waals surface area contributed by atoms with Crippen molar-refractivity contribution in [2.24, 2.45) is 4.99 Å². The molecule has 96 valence electrons. The van der Waals surface area contributed by atoms with Crippen LogP contribution >= 0.6 is 0 Å². The molecule has 2 aromatic rings. The maximum atomic E-state index is 13.4. The quantitative estimate of drug-likeness (QED) is 0.769. The molecule has 0 unspecified atom stereocenters. The number of ether oxygens (including phenoxy) is 2. The van der Waals surface area contributed by atoms with Gasteiger partial charge in [0.1, 0.15) is 5.82 Å². The zero-order valence-corrected chi connectivity index (χ0v) is 10.4. The summed E-state index contributed by atoms with van der Waals surface area (Å²) in [4.78, 5) is 4.24. The van der Waals surface area contributed by atoms with Gasteiger partial charge in [-0.25, -0.2) is 4.39 Å². The Morgan fingerprint density at radius 2 is 1.95 bits per heavy atom. The van der Waals surface area contributed by atoms with Gasteiger partial charge in [-0.3, -0.25) is 4.99 Å². The van der Waals surface area contributed by atoms with Gasteiger partial charge in [-0.05, 0) is 48.4 Å². The second-order valence-electron chi connectivity index (χ2n) is 4.30. The van der Waals surface area contributed by atoms with Crippen molar-refractivity contribution >= 4 is 11.9 Å². The molecule has 1 aliphatic heterocycles. The van der Waals surface area contributed by atoms with Gasteiger partial charge in [0, 0.05) is 6.21 Å². The average Bonchev–Trinajstić information content (AvgIpc) is 2.87. The van der Waals surface area contributed by atoms with Crippen LogP contribution < -0.4 is 9.47 Å². The third-order valence-corrected chi connectivity index (χ3v) is 2.91. The normalized spacial score (nSPS) is 13.2. The van der Waals surface area contributed by atoms with E-state index in [2.05, 4.69) is 4.99 Å². The van der Waals surface area contributed by atoms with Crippen LogP contribution in [0.15, 0.2) is 41.4 Å². The van der Waals surface area contributed by atoms with Gasteiger partial charge in [0.2, 0.25) is 6.79 Å². The number of hydrogen-bond donors (Lipinski definition) is 0. The molecule has 4 heteroatoms. The molecule has 1 heterocycles. The highest BCUT2D eigenvalue weighted by atomic mass is 19.1. The second kappa shape index (κ2) is 4.72. The lowest BCUT2D eigenvalue weighted by atomic mass is 10.2. The Labute approximate surface area is 110 Å². The van der Waals surface area contributed by atoms with Crippen LogP contribution in [0.1, 0.15) is 11.1 Å². The van der Waals surface area contributed by atoms with Crippen LogP contribution in [0.3, 0.4) is 0 Å². The van der Waals surface area contributed by atoms with E-state index in [-0.39, 0.29) is 12.6 Å². The fourth-order valence-corrected chi connectivity index (χ4v) is 1.80. The number of nitrogens with zero attached hydrogens (tertiary/aromatic N) is 1.